The topological polar surface area (TPSA) is 24.4 Å². The van der Waals surface area contributed by atoms with Crippen LogP contribution in [0.25, 0.3) is 0 Å². The summed E-state index contributed by atoms with van der Waals surface area (Å²) < 4.78 is 0. The minimum atomic E-state index is 0.856. The van der Waals surface area contributed by atoms with Gasteiger partial charge in [0.2, 0.25) is 0 Å². The van der Waals surface area contributed by atoms with Crippen LogP contribution < -0.4 is 5.32 Å². The van der Waals surface area contributed by atoms with E-state index in [-0.39, 0.29) is 0 Å². The first-order valence-electron chi connectivity index (χ1n) is 8.70. The van der Waals surface area contributed by atoms with Crippen LogP contribution in [-0.2, 0) is 6.42 Å². The zero-order valence-corrected chi connectivity index (χ0v) is 14.6. The van der Waals surface area contributed by atoms with Gasteiger partial charge in [-0.05, 0) is 54.0 Å². The number of allylic oxidation sites excluding steroid dienone is 3. The lowest BCUT2D eigenvalue weighted by Crippen LogP contribution is -1.91. The first kappa shape index (κ1) is 17.4. The second kappa shape index (κ2) is 9.80. The molecule has 1 N–H and O–H groups in total. The molecule has 0 heterocycles. The Hall–Kier alpha value is -3.39. The molecule has 3 aromatic carbocycles. The van der Waals surface area contributed by atoms with Gasteiger partial charge in [0, 0.05) is 18.1 Å². The molecule has 26 heavy (non-hydrogen) atoms. The molecule has 0 aliphatic heterocycles. The highest BCUT2D eigenvalue weighted by Crippen LogP contribution is 2.12. The largest absolute Gasteiger partial charge is 0.362 e. The second-order valence-electron chi connectivity index (χ2n) is 5.86. The Kier molecular flexibility index (Phi) is 6.57. The van der Waals surface area contributed by atoms with Crippen molar-refractivity contribution in [3.8, 4) is 0 Å². The number of anilines is 1. The van der Waals surface area contributed by atoms with Gasteiger partial charge in [-0.15, -0.1) is 0 Å². The van der Waals surface area contributed by atoms with Crippen molar-refractivity contribution in [2.75, 3.05) is 5.32 Å². The maximum atomic E-state index is 4.50. The number of hydrogen-bond acceptors (Lipinski definition) is 2. The molecular weight excluding hydrogens is 316 g/mol. The minimum absolute atomic E-state index is 0.856. The summed E-state index contributed by atoms with van der Waals surface area (Å²) in [4.78, 5) is 4.50. The molecule has 0 aliphatic rings. The monoisotopic (exact) mass is 338 g/mol. The predicted molar refractivity (Wildman–Crippen MR) is 112 cm³/mol. The van der Waals surface area contributed by atoms with E-state index in [0.29, 0.717) is 0 Å². The van der Waals surface area contributed by atoms with Gasteiger partial charge < -0.3 is 5.32 Å². The van der Waals surface area contributed by atoms with E-state index in [0.717, 1.165) is 17.8 Å². The lowest BCUT2D eigenvalue weighted by atomic mass is 10.1. The first-order valence-corrected chi connectivity index (χ1v) is 8.70. The molecule has 0 aliphatic carbocycles. The number of benzene rings is 3. The molecule has 0 amide bonds. The van der Waals surface area contributed by atoms with Gasteiger partial charge in [-0.3, -0.25) is 4.99 Å². The quantitative estimate of drug-likeness (QED) is 0.403. The maximum Gasteiger partial charge on any atom is 0.0629 e. The predicted octanol–water partition coefficient (Wildman–Crippen LogP) is 6.18. The molecule has 2 nitrogen and oxygen atoms in total. The summed E-state index contributed by atoms with van der Waals surface area (Å²) in [5.74, 6) is 0. The average molecular weight is 338 g/mol. The number of nitrogens with one attached hydrogen (secondary N) is 1. The summed E-state index contributed by atoms with van der Waals surface area (Å²) in [7, 11) is 0. The maximum absolute atomic E-state index is 4.50. The molecule has 0 saturated carbocycles. The van der Waals surface area contributed by atoms with Crippen molar-refractivity contribution in [3.63, 3.8) is 0 Å². The molecule has 0 radical (unpaired) electrons. The molecule has 0 atom stereocenters. The van der Waals surface area contributed by atoms with Crippen LogP contribution in [0.5, 0.6) is 0 Å². The number of para-hydroxylation sites is 2. The smallest absolute Gasteiger partial charge is 0.0629 e. The summed E-state index contributed by atoms with van der Waals surface area (Å²) in [6.07, 6.45) is 8.84. The Morgan fingerprint density at radius 1 is 0.769 bits per heavy atom. The average Bonchev–Trinajstić information content (AvgIpc) is 2.70. The number of nitrogens with zero attached hydrogens (tertiary/aromatic N) is 1. The number of hydrogen-bond donors (Lipinski definition) is 1. The minimum Gasteiger partial charge on any atom is -0.362 e. The standard InChI is InChI=1S/C24H22N2/c1-4-10-21(11-5-1)20-22(16-18-25-23-12-6-2-7-13-23)17-19-26-24-14-8-3-9-15-24/h1-19,25H,20H2. The fourth-order valence-corrected chi connectivity index (χ4v) is 2.52. The molecule has 0 saturated heterocycles. The van der Waals surface area contributed by atoms with E-state index >= 15 is 0 Å². The third-order valence-corrected chi connectivity index (χ3v) is 3.84. The highest BCUT2D eigenvalue weighted by molar-refractivity contribution is 5.76. The zero-order chi connectivity index (χ0) is 17.9. The third kappa shape index (κ3) is 5.91. The molecule has 3 rings (SSSR count). The van der Waals surface area contributed by atoms with Crippen molar-refractivity contribution in [1.82, 2.24) is 0 Å². The highest BCUT2D eigenvalue weighted by atomic mass is 14.8. The SMILES string of the molecule is C(=CC(=CC=Nc1ccccc1)Cc1ccccc1)Nc1ccccc1. The molecule has 0 spiro atoms. The van der Waals surface area contributed by atoms with E-state index < -0.39 is 0 Å². The van der Waals surface area contributed by atoms with Crippen LogP contribution in [0.3, 0.4) is 0 Å². The van der Waals surface area contributed by atoms with Gasteiger partial charge in [0.15, 0.2) is 0 Å². The molecule has 0 fully saturated rings. The lowest BCUT2D eigenvalue weighted by Gasteiger charge is -2.03. The van der Waals surface area contributed by atoms with Gasteiger partial charge >= 0.3 is 0 Å². The summed E-state index contributed by atoms with van der Waals surface area (Å²) >= 11 is 0. The van der Waals surface area contributed by atoms with Gasteiger partial charge in [0.05, 0.1) is 5.69 Å². The molecular formula is C24H22N2. The van der Waals surface area contributed by atoms with Crippen molar-refractivity contribution in [2.24, 2.45) is 4.99 Å². The van der Waals surface area contributed by atoms with Crippen molar-refractivity contribution >= 4 is 17.6 Å². The Labute approximate surface area is 155 Å². The van der Waals surface area contributed by atoms with Crippen LogP contribution in [0.4, 0.5) is 11.4 Å². The van der Waals surface area contributed by atoms with Crippen molar-refractivity contribution in [1.29, 1.82) is 0 Å². The van der Waals surface area contributed by atoms with E-state index in [1.54, 1.807) is 0 Å². The van der Waals surface area contributed by atoms with E-state index in [2.05, 4.69) is 46.7 Å². The fourth-order valence-electron chi connectivity index (χ4n) is 2.52. The van der Waals surface area contributed by atoms with Gasteiger partial charge in [-0.1, -0.05) is 66.7 Å². The van der Waals surface area contributed by atoms with Gasteiger partial charge in [0.1, 0.15) is 0 Å². The Morgan fingerprint density at radius 3 is 2.08 bits per heavy atom. The van der Waals surface area contributed by atoms with Crippen molar-refractivity contribution in [2.45, 2.75) is 6.42 Å². The van der Waals surface area contributed by atoms with Crippen LogP contribution in [0.15, 0.2) is 120 Å². The van der Waals surface area contributed by atoms with Crippen molar-refractivity contribution in [3.05, 3.63) is 120 Å². The van der Waals surface area contributed by atoms with Crippen LogP contribution in [0.2, 0.25) is 0 Å². The third-order valence-electron chi connectivity index (χ3n) is 3.84. The van der Waals surface area contributed by atoms with E-state index in [1.165, 1.54) is 11.1 Å². The summed E-state index contributed by atoms with van der Waals surface area (Å²) in [6, 6.07) is 30.5. The van der Waals surface area contributed by atoms with E-state index in [1.807, 2.05) is 79.1 Å². The molecule has 0 bridgehead atoms. The Morgan fingerprint density at radius 2 is 1.38 bits per heavy atom. The Balaban J connectivity index is 1.72. The van der Waals surface area contributed by atoms with Crippen molar-refractivity contribution < 1.29 is 0 Å². The van der Waals surface area contributed by atoms with E-state index in [4.69, 9.17) is 0 Å². The normalized spacial score (nSPS) is 11.9. The Bertz CT molecular complexity index is 864. The fraction of sp³-hybridized carbons (Fsp3) is 0.0417. The van der Waals surface area contributed by atoms with Gasteiger partial charge in [-0.25, -0.2) is 0 Å². The van der Waals surface area contributed by atoms with Crippen LogP contribution in [-0.4, -0.2) is 6.21 Å². The summed E-state index contributed by atoms with van der Waals surface area (Å²) in [6.45, 7) is 0. The molecule has 0 aromatic heterocycles. The zero-order valence-electron chi connectivity index (χ0n) is 14.6. The lowest BCUT2D eigenvalue weighted by molar-refractivity contribution is 1.20. The highest BCUT2D eigenvalue weighted by Gasteiger charge is 1.96. The first-order chi connectivity index (χ1) is 12.9. The van der Waals surface area contributed by atoms with Gasteiger partial charge in [0.25, 0.3) is 0 Å². The van der Waals surface area contributed by atoms with Crippen LogP contribution in [0, 0.1) is 0 Å². The van der Waals surface area contributed by atoms with Crippen LogP contribution in [0.1, 0.15) is 5.56 Å². The van der Waals surface area contributed by atoms with Gasteiger partial charge in [-0.2, -0.15) is 0 Å². The number of rotatable bonds is 7. The van der Waals surface area contributed by atoms with Crippen LogP contribution >= 0.6 is 0 Å². The second-order valence-corrected chi connectivity index (χ2v) is 5.86. The molecule has 3 aromatic rings. The molecule has 2 heteroatoms. The molecule has 0 unspecified atom stereocenters. The summed E-state index contributed by atoms with van der Waals surface area (Å²) in [5.41, 5.74) is 4.48. The molecule has 128 valence electrons. The van der Waals surface area contributed by atoms with E-state index in [9.17, 15) is 0 Å². The summed E-state index contributed by atoms with van der Waals surface area (Å²) in [5, 5.41) is 3.30. The number of aliphatic imine (C=N–C) groups is 1.